The molecule has 19 heavy (non-hydrogen) atoms. The molecule has 0 aromatic heterocycles. The molecule has 0 saturated heterocycles. The molecule has 1 aromatic carbocycles. The van der Waals surface area contributed by atoms with Gasteiger partial charge in [-0.25, -0.2) is 0 Å². The highest BCUT2D eigenvalue weighted by Crippen LogP contribution is 2.05. The van der Waals surface area contributed by atoms with Gasteiger partial charge in [0.2, 0.25) is 5.91 Å². The second kappa shape index (κ2) is 7.55. The van der Waals surface area contributed by atoms with Crippen molar-refractivity contribution in [2.75, 3.05) is 34.2 Å². The summed E-state index contributed by atoms with van der Waals surface area (Å²) in [6.45, 7) is 1.75. The first kappa shape index (κ1) is 15.2. The Morgan fingerprint density at radius 3 is 2.32 bits per heavy atom. The van der Waals surface area contributed by atoms with Crippen molar-refractivity contribution in [3.63, 3.8) is 0 Å². The van der Waals surface area contributed by atoms with E-state index in [0.29, 0.717) is 12.0 Å². The molecule has 0 fully saturated rings. The number of nitrogens with zero attached hydrogens (tertiary/aromatic N) is 3. The molecule has 1 rings (SSSR count). The van der Waals surface area contributed by atoms with Crippen LogP contribution in [0, 0.1) is 11.3 Å². The first-order valence-electron chi connectivity index (χ1n) is 6.40. The van der Waals surface area contributed by atoms with Gasteiger partial charge in [0.05, 0.1) is 18.1 Å². The highest BCUT2D eigenvalue weighted by molar-refractivity contribution is 5.78. The van der Waals surface area contributed by atoms with Crippen LogP contribution in [0.5, 0.6) is 0 Å². The highest BCUT2D eigenvalue weighted by atomic mass is 16.2. The zero-order chi connectivity index (χ0) is 14.3. The fourth-order valence-electron chi connectivity index (χ4n) is 1.76. The average Bonchev–Trinajstić information content (AvgIpc) is 2.39. The minimum absolute atomic E-state index is 0.114. The number of hydrogen-bond acceptors (Lipinski definition) is 3. The third kappa shape index (κ3) is 5.54. The minimum atomic E-state index is 0.114. The van der Waals surface area contributed by atoms with E-state index in [0.717, 1.165) is 25.1 Å². The van der Waals surface area contributed by atoms with Crippen molar-refractivity contribution in [1.29, 1.82) is 5.26 Å². The summed E-state index contributed by atoms with van der Waals surface area (Å²) in [5.74, 6) is 0.114. The van der Waals surface area contributed by atoms with Crippen LogP contribution in [0.4, 0.5) is 0 Å². The number of carbonyl (C=O) groups is 1. The summed E-state index contributed by atoms with van der Waals surface area (Å²) in [6.07, 6.45) is 1.37. The Balaban J connectivity index is 2.42. The summed E-state index contributed by atoms with van der Waals surface area (Å²) in [5.41, 5.74) is 1.57. The van der Waals surface area contributed by atoms with Crippen LogP contribution in [0.2, 0.25) is 0 Å². The lowest BCUT2D eigenvalue weighted by Crippen LogP contribution is -2.30. The van der Waals surface area contributed by atoms with E-state index in [2.05, 4.69) is 11.0 Å². The third-order valence-electron chi connectivity index (χ3n) is 2.96. The van der Waals surface area contributed by atoms with Crippen LogP contribution >= 0.6 is 0 Å². The summed E-state index contributed by atoms with van der Waals surface area (Å²) in [4.78, 5) is 15.9. The second-order valence-corrected chi connectivity index (χ2v) is 4.96. The summed E-state index contributed by atoms with van der Waals surface area (Å²) < 4.78 is 0. The molecule has 4 heteroatoms. The maximum Gasteiger partial charge on any atom is 0.226 e. The van der Waals surface area contributed by atoms with Crippen LogP contribution in [0.3, 0.4) is 0 Å². The topological polar surface area (TPSA) is 47.3 Å². The largest absolute Gasteiger partial charge is 0.345 e. The quantitative estimate of drug-likeness (QED) is 0.778. The van der Waals surface area contributed by atoms with Gasteiger partial charge in [-0.3, -0.25) is 4.79 Å². The number of amides is 1. The van der Waals surface area contributed by atoms with E-state index in [9.17, 15) is 4.79 Å². The summed E-state index contributed by atoms with van der Waals surface area (Å²) in [5, 5.41) is 8.71. The fourth-order valence-corrected chi connectivity index (χ4v) is 1.76. The Morgan fingerprint density at radius 2 is 1.79 bits per heavy atom. The van der Waals surface area contributed by atoms with Gasteiger partial charge in [0, 0.05) is 13.6 Å². The number of carbonyl (C=O) groups excluding carboxylic acids is 1. The van der Waals surface area contributed by atoms with E-state index in [1.165, 1.54) is 0 Å². The lowest BCUT2D eigenvalue weighted by molar-refractivity contribution is -0.129. The van der Waals surface area contributed by atoms with E-state index >= 15 is 0 Å². The van der Waals surface area contributed by atoms with Crippen LogP contribution < -0.4 is 0 Å². The zero-order valence-electron chi connectivity index (χ0n) is 11.9. The van der Waals surface area contributed by atoms with Crippen LogP contribution in [-0.4, -0.2) is 49.9 Å². The molecule has 0 aliphatic carbocycles. The molecular weight excluding hydrogens is 238 g/mol. The van der Waals surface area contributed by atoms with Gasteiger partial charge < -0.3 is 9.80 Å². The molecule has 1 aromatic rings. The van der Waals surface area contributed by atoms with Crippen LogP contribution in [0.1, 0.15) is 17.5 Å². The predicted octanol–water partition coefficient (Wildman–Crippen LogP) is 1.51. The van der Waals surface area contributed by atoms with E-state index in [-0.39, 0.29) is 5.91 Å². The Hall–Kier alpha value is -1.86. The smallest absolute Gasteiger partial charge is 0.226 e. The monoisotopic (exact) mass is 259 g/mol. The molecule has 0 heterocycles. The highest BCUT2D eigenvalue weighted by Gasteiger charge is 2.09. The number of likely N-dealkylation sites (N-methyl/N-ethyl adjacent to an activating group) is 1. The van der Waals surface area contributed by atoms with Crippen molar-refractivity contribution >= 4 is 5.91 Å². The molecule has 0 atom stereocenters. The molecule has 0 bridgehead atoms. The van der Waals surface area contributed by atoms with Crippen molar-refractivity contribution in [1.82, 2.24) is 9.80 Å². The van der Waals surface area contributed by atoms with Gasteiger partial charge >= 0.3 is 0 Å². The molecular formula is C15H21N3O. The molecule has 4 nitrogen and oxygen atoms in total. The van der Waals surface area contributed by atoms with Crippen molar-refractivity contribution in [2.24, 2.45) is 0 Å². The van der Waals surface area contributed by atoms with Gasteiger partial charge in [-0.2, -0.15) is 5.26 Å². The van der Waals surface area contributed by atoms with Crippen LogP contribution in [0.15, 0.2) is 24.3 Å². The number of nitriles is 1. The van der Waals surface area contributed by atoms with E-state index in [1.54, 1.807) is 17.0 Å². The summed E-state index contributed by atoms with van der Waals surface area (Å²) >= 11 is 0. The maximum atomic E-state index is 12.0. The van der Waals surface area contributed by atoms with Gasteiger partial charge in [-0.15, -0.1) is 0 Å². The minimum Gasteiger partial charge on any atom is -0.345 e. The van der Waals surface area contributed by atoms with Crippen molar-refractivity contribution in [3.8, 4) is 6.07 Å². The molecule has 0 saturated carbocycles. The van der Waals surface area contributed by atoms with Crippen molar-refractivity contribution in [3.05, 3.63) is 35.4 Å². The lowest BCUT2D eigenvalue weighted by Gasteiger charge is -2.18. The zero-order valence-corrected chi connectivity index (χ0v) is 11.9. The van der Waals surface area contributed by atoms with Gasteiger partial charge in [0.1, 0.15) is 0 Å². The molecule has 1 amide bonds. The average molecular weight is 259 g/mol. The first-order chi connectivity index (χ1) is 9.02. The Bertz CT molecular complexity index is 445. The van der Waals surface area contributed by atoms with Gasteiger partial charge in [-0.1, -0.05) is 12.1 Å². The SMILES string of the molecule is CN(C)CCCN(C)C(=O)Cc1ccc(C#N)cc1. The first-order valence-corrected chi connectivity index (χ1v) is 6.40. The van der Waals surface area contributed by atoms with Gasteiger partial charge in [0.15, 0.2) is 0 Å². The van der Waals surface area contributed by atoms with E-state index in [1.807, 2.05) is 33.3 Å². The van der Waals surface area contributed by atoms with Crippen LogP contribution in [0.25, 0.3) is 0 Å². The number of hydrogen-bond donors (Lipinski definition) is 0. The predicted molar refractivity (Wildman–Crippen MR) is 75.7 cm³/mol. The van der Waals surface area contributed by atoms with Crippen molar-refractivity contribution in [2.45, 2.75) is 12.8 Å². The molecule has 0 unspecified atom stereocenters. The molecule has 0 aliphatic heterocycles. The molecule has 0 N–H and O–H groups in total. The summed E-state index contributed by atoms with van der Waals surface area (Å²) in [6, 6.07) is 9.23. The second-order valence-electron chi connectivity index (χ2n) is 4.96. The maximum absolute atomic E-state index is 12.0. The van der Waals surface area contributed by atoms with Crippen LogP contribution in [-0.2, 0) is 11.2 Å². The molecule has 102 valence electrons. The Morgan fingerprint density at radius 1 is 1.16 bits per heavy atom. The van der Waals surface area contributed by atoms with E-state index < -0.39 is 0 Å². The molecule has 0 aliphatic rings. The molecule has 0 spiro atoms. The molecule has 0 radical (unpaired) electrons. The third-order valence-corrected chi connectivity index (χ3v) is 2.96. The fraction of sp³-hybridized carbons (Fsp3) is 0.467. The van der Waals surface area contributed by atoms with Crippen molar-refractivity contribution < 1.29 is 4.79 Å². The standard InChI is InChI=1S/C15H21N3O/c1-17(2)9-4-10-18(3)15(19)11-13-5-7-14(12-16)8-6-13/h5-8H,4,9-11H2,1-3H3. The normalized spacial score (nSPS) is 10.3. The number of benzene rings is 1. The number of rotatable bonds is 6. The Labute approximate surface area is 115 Å². The van der Waals surface area contributed by atoms with Gasteiger partial charge in [0.25, 0.3) is 0 Å². The Kier molecular flexibility index (Phi) is 6.04. The van der Waals surface area contributed by atoms with Gasteiger partial charge in [-0.05, 0) is 44.8 Å². The van der Waals surface area contributed by atoms with E-state index in [4.69, 9.17) is 5.26 Å². The summed E-state index contributed by atoms with van der Waals surface area (Å²) in [7, 11) is 5.89. The lowest BCUT2D eigenvalue weighted by atomic mass is 10.1.